The third-order valence-corrected chi connectivity index (χ3v) is 3.34. The van der Waals surface area contributed by atoms with Crippen molar-refractivity contribution in [1.82, 2.24) is 4.90 Å². The molecule has 1 rings (SSSR count). The number of amides is 1. The Morgan fingerprint density at radius 1 is 1.56 bits per heavy atom. The highest BCUT2D eigenvalue weighted by Gasteiger charge is 2.15. The lowest BCUT2D eigenvalue weighted by molar-refractivity contribution is 0.0792. The van der Waals surface area contributed by atoms with E-state index in [1.807, 2.05) is 18.2 Å². The Hall–Kier alpha value is -1.29. The highest BCUT2D eigenvalue weighted by Crippen LogP contribution is 2.23. The molecule has 0 N–H and O–H groups in total. The molecule has 0 heterocycles. The summed E-state index contributed by atoms with van der Waals surface area (Å²) in [6.45, 7) is 4.39. The first-order chi connectivity index (χ1) is 8.60. The van der Waals surface area contributed by atoms with E-state index in [0.717, 1.165) is 17.3 Å². The monoisotopic (exact) mass is 311 g/mol. The van der Waals surface area contributed by atoms with Crippen LogP contribution in [0.1, 0.15) is 23.2 Å². The van der Waals surface area contributed by atoms with Gasteiger partial charge in [0.25, 0.3) is 5.91 Å². The largest absolute Gasteiger partial charge is 0.497 e. The zero-order valence-corrected chi connectivity index (χ0v) is 12.4. The number of benzene rings is 1. The molecule has 3 nitrogen and oxygen atoms in total. The highest BCUT2D eigenvalue weighted by molar-refractivity contribution is 9.10. The molecule has 0 saturated heterocycles. The summed E-state index contributed by atoms with van der Waals surface area (Å²) >= 11 is 3.39. The number of hydrogen-bond donors (Lipinski definition) is 0. The lowest BCUT2D eigenvalue weighted by Gasteiger charge is -2.18. The van der Waals surface area contributed by atoms with Crippen LogP contribution in [0.15, 0.2) is 35.3 Å². The van der Waals surface area contributed by atoms with E-state index in [0.29, 0.717) is 17.9 Å². The molecule has 0 atom stereocenters. The van der Waals surface area contributed by atoms with Crippen LogP contribution in [0.4, 0.5) is 0 Å². The molecular formula is C14H18BrNO2. The van der Waals surface area contributed by atoms with E-state index in [1.54, 1.807) is 25.1 Å². The molecule has 0 spiro atoms. The number of ether oxygens (including phenoxy) is 1. The molecule has 18 heavy (non-hydrogen) atoms. The smallest absolute Gasteiger partial charge is 0.254 e. The van der Waals surface area contributed by atoms with Gasteiger partial charge in [-0.1, -0.05) is 6.08 Å². The van der Waals surface area contributed by atoms with Crippen LogP contribution in [-0.2, 0) is 0 Å². The van der Waals surface area contributed by atoms with Crippen molar-refractivity contribution >= 4 is 21.8 Å². The van der Waals surface area contributed by atoms with Gasteiger partial charge in [-0.3, -0.25) is 4.79 Å². The molecule has 0 bridgehead atoms. The molecule has 0 radical (unpaired) electrons. The number of unbranched alkanes of at least 4 members (excludes halogenated alkanes) is 1. The summed E-state index contributed by atoms with van der Waals surface area (Å²) in [6, 6.07) is 5.39. The second-order valence-corrected chi connectivity index (χ2v) is 4.86. The van der Waals surface area contributed by atoms with Crippen molar-refractivity contribution in [3.05, 3.63) is 40.9 Å². The Morgan fingerprint density at radius 2 is 2.28 bits per heavy atom. The number of rotatable bonds is 6. The van der Waals surface area contributed by atoms with Crippen molar-refractivity contribution in [1.29, 1.82) is 0 Å². The highest BCUT2D eigenvalue weighted by atomic mass is 79.9. The van der Waals surface area contributed by atoms with Gasteiger partial charge in [0.15, 0.2) is 0 Å². The van der Waals surface area contributed by atoms with Gasteiger partial charge in [-0.25, -0.2) is 0 Å². The number of methoxy groups -OCH3 is 1. The van der Waals surface area contributed by atoms with E-state index in [2.05, 4.69) is 22.5 Å². The van der Waals surface area contributed by atoms with Crippen LogP contribution in [0.2, 0.25) is 0 Å². The average molecular weight is 312 g/mol. The molecule has 0 fully saturated rings. The second kappa shape index (κ2) is 7.21. The molecule has 1 amide bonds. The van der Waals surface area contributed by atoms with E-state index in [1.165, 1.54) is 0 Å². The molecule has 0 aliphatic carbocycles. The maximum Gasteiger partial charge on any atom is 0.254 e. The van der Waals surface area contributed by atoms with E-state index in [4.69, 9.17) is 4.74 Å². The molecular weight excluding hydrogens is 294 g/mol. The summed E-state index contributed by atoms with van der Waals surface area (Å²) in [5, 5.41) is 0. The van der Waals surface area contributed by atoms with Crippen LogP contribution in [0, 0.1) is 0 Å². The molecule has 0 aliphatic rings. The Kier molecular flexibility index (Phi) is 5.92. The first-order valence-corrected chi connectivity index (χ1v) is 6.59. The average Bonchev–Trinajstić information content (AvgIpc) is 2.38. The minimum absolute atomic E-state index is 0.00941. The number of nitrogens with zero attached hydrogens (tertiary/aromatic N) is 1. The van der Waals surface area contributed by atoms with Gasteiger partial charge in [0, 0.05) is 18.1 Å². The summed E-state index contributed by atoms with van der Waals surface area (Å²) in [4.78, 5) is 14.0. The molecule has 0 unspecified atom stereocenters. The van der Waals surface area contributed by atoms with E-state index in [-0.39, 0.29) is 5.91 Å². The molecule has 98 valence electrons. The molecule has 1 aromatic rings. The van der Waals surface area contributed by atoms with Gasteiger partial charge in [-0.15, -0.1) is 6.58 Å². The molecule has 1 aromatic carbocycles. The van der Waals surface area contributed by atoms with Gasteiger partial charge in [-0.05, 0) is 47.0 Å². The van der Waals surface area contributed by atoms with E-state index < -0.39 is 0 Å². The number of hydrogen-bond acceptors (Lipinski definition) is 2. The summed E-state index contributed by atoms with van der Waals surface area (Å²) < 4.78 is 5.91. The van der Waals surface area contributed by atoms with Crippen LogP contribution >= 0.6 is 15.9 Å². The van der Waals surface area contributed by atoms with Crippen molar-refractivity contribution < 1.29 is 9.53 Å². The van der Waals surface area contributed by atoms with Crippen molar-refractivity contribution in [2.75, 3.05) is 20.7 Å². The summed E-state index contributed by atoms with van der Waals surface area (Å²) in [5.74, 6) is 0.672. The van der Waals surface area contributed by atoms with E-state index >= 15 is 0 Å². The van der Waals surface area contributed by atoms with Gasteiger partial charge in [0.05, 0.1) is 12.7 Å². The standard InChI is InChI=1S/C14H18BrNO2/c1-4-5-6-9-16(2)14(17)12-10-11(18-3)7-8-13(12)15/h4,7-8,10H,1,5-6,9H2,2-3H3. The summed E-state index contributed by atoms with van der Waals surface area (Å²) in [7, 11) is 3.39. The van der Waals surface area contributed by atoms with Crippen molar-refractivity contribution in [3.63, 3.8) is 0 Å². The zero-order valence-electron chi connectivity index (χ0n) is 10.8. The molecule has 4 heteroatoms. The maximum atomic E-state index is 12.2. The lowest BCUT2D eigenvalue weighted by Crippen LogP contribution is -2.28. The van der Waals surface area contributed by atoms with Gasteiger partial charge in [0.1, 0.15) is 5.75 Å². The zero-order chi connectivity index (χ0) is 13.5. The van der Waals surface area contributed by atoms with Crippen molar-refractivity contribution in [2.45, 2.75) is 12.8 Å². The predicted octanol–water partition coefficient (Wildman–Crippen LogP) is 3.50. The SMILES string of the molecule is C=CCCCN(C)C(=O)c1cc(OC)ccc1Br. The Bertz CT molecular complexity index is 432. The first kappa shape index (κ1) is 14.8. The third kappa shape index (κ3) is 3.88. The molecule has 0 aliphatic heterocycles. The number of carbonyl (C=O) groups excluding carboxylic acids is 1. The Morgan fingerprint density at radius 3 is 2.89 bits per heavy atom. The fourth-order valence-corrected chi connectivity index (χ4v) is 1.99. The Labute approximate surface area is 117 Å². The molecule has 0 saturated carbocycles. The van der Waals surface area contributed by atoms with Crippen LogP contribution in [0.5, 0.6) is 5.75 Å². The third-order valence-electron chi connectivity index (χ3n) is 2.65. The Balaban J connectivity index is 2.78. The van der Waals surface area contributed by atoms with Crippen LogP contribution in [0.25, 0.3) is 0 Å². The van der Waals surface area contributed by atoms with Crippen LogP contribution in [0.3, 0.4) is 0 Å². The van der Waals surface area contributed by atoms with Crippen molar-refractivity contribution in [2.24, 2.45) is 0 Å². The van der Waals surface area contributed by atoms with Crippen LogP contribution in [-0.4, -0.2) is 31.5 Å². The quantitative estimate of drug-likeness (QED) is 0.594. The second-order valence-electron chi connectivity index (χ2n) is 4.00. The predicted molar refractivity (Wildman–Crippen MR) is 77.1 cm³/mol. The number of halogens is 1. The topological polar surface area (TPSA) is 29.5 Å². The fourth-order valence-electron chi connectivity index (χ4n) is 1.58. The lowest BCUT2D eigenvalue weighted by atomic mass is 10.2. The summed E-state index contributed by atoms with van der Waals surface area (Å²) in [5.41, 5.74) is 0.621. The van der Waals surface area contributed by atoms with Gasteiger partial charge in [-0.2, -0.15) is 0 Å². The minimum atomic E-state index is -0.00941. The molecule has 0 aromatic heterocycles. The normalized spacial score (nSPS) is 9.94. The number of carbonyl (C=O) groups is 1. The van der Waals surface area contributed by atoms with Crippen LogP contribution < -0.4 is 4.74 Å². The van der Waals surface area contributed by atoms with Gasteiger partial charge in [0.2, 0.25) is 0 Å². The van der Waals surface area contributed by atoms with Gasteiger partial charge >= 0.3 is 0 Å². The first-order valence-electron chi connectivity index (χ1n) is 5.80. The summed E-state index contributed by atoms with van der Waals surface area (Å²) in [6.07, 6.45) is 3.70. The van der Waals surface area contributed by atoms with E-state index in [9.17, 15) is 4.79 Å². The minimum Gasteiger partial charge on any atom is -0.497 e. The number of allylic oxidation sites excluding steroid dienone is 1. The maximum absolute atomic E-state index is 12.2. The van der Waals surface area contributed by atoms with Crippen molar-refractivity contribution in [3.8, 4) is 5.75 Å². The van der Waals surface area contributed by atoms with Gasteiger partial charge < -0.3 is 9.64 Å². The fraction of sp³-hybridized carbons (Fsp3) is 0.357.